The molecule has 0 atom stereocenters. The number of nitrogens with one attached hydrogen (secondary N) is 1. The molecule has 0 radical (unpaired) electrons. The van der Waals surface area contributed by atoms with Gasteiger partial charge in [-0.3, -0.25) is 4.79 Å². The van der Waals surface area contributed by atoms with E-state index in [1.54, 1.807) is 36.2 Å². The van der Waals surface area contributed by atoms with Crippen LogP contribution in [0.15, 0.2) is 54.7 Å². The van der Waals surface area contributed by atoms with E-state index in [-0.39, 0.29) is 18.2 Å². The van der Waals surface area contributed by atoms with E-state index in [4.69, 9.17) is 9.47 Å². The van der Waals surface area contributed by atoms with E-state index in [9.17, 15) is 9.90 Å². The molecule has 0 aliphatic rings. The van der Waals surface area contributed by atoms with Crippen LogP contribution in [-0.2, 0) is 17.9 Å². The molecule has 0 bridgehead atoms. The maximum Gasteiger partial charge on any atom is 0.244 e. The van der Waals surface area contributed by atoms with Crippen LogP contribution in [0.2, 0.25) is 0 Å². The molecule has 0 fully saturated rings. The normalized spacial score (nSPS) is 10.8. The Hall–Kier alpha value is -3.81. The molecular weight excluding hydrogens is 372 g/mol. The number of hydrogen-bond acceptors (Lipinski definition) is 6. The molecule has 2 aromatic carbocycles. The minimum Gasteiger partial charge on any atom is -0.504 e. The molecule has 2 N–H and O–H groups in total. The quantitative estimate of drug-likeness (QED) is 0.569. The largest absolute Gasteiger partial charge is 0.504 e. The van der Waals surface area contributed by atoms with Crippen molar-refractivity contribution in [2.45, 2.75) is 13.1 Å². The molecule has 0 saturated carbocycles. The summed E-state index contributed by atoms with van der Waals surface area (Å²) in [5.74, 6) is 0.934. The zero-order valence-corrected chi connectivity index (χ0v) is 16.2. The molecule has 0 aliphatic heterocycles. The van der Waals surface area contributed by atoms with Gasteiger partial charge in [0.1, 0.15) is 11.4 Å². The fraction of sp³-hybridized carbons (Fsp3) is 0.190. The zero-order valence-electron chi connectivity index (χ0n) is 16.2. The number of carbonyl (C=O) groups excluding carboxylic acids is 1. The fourth-order valence-electron chi connectivity index (χ4n) is 2.62. The summed E-state index contributed by atoms with van der Waals surface area (Å²) in [6, 6.07) is 12.6. The van der Waals surface area contributed by atoms with Crippen molar-refractivity contribution in [3.63, 3.8) is 0 Å². The monoisotopic (exact) mass is 394 g/mol. The van der Waals surface area contributed by atoms with Crippen LogP contribution < -0.4 is 14.8 Å². The average molecular weight is 394 g/mol. The molecule has 29 heavy (non-hydrogen) atoms. The number of hydrogen-bond donors (Lipinski definition) is 2. The number of aromatic hydroxyl groups is 1. The van der Waals surface area contributed by atoms with E-state index in [2.05, 4.69) is 15.6 Å². The van der Waals surface area contributed by atoms with E-state index in [0.29, 0.717) is 18.0 Å². The molecule has 1 amide bonds. The lowest BCUT2D eigenvalue weighted by atomic mass is 10.2. The Labute approximate surface area is 168 Å². The van der Waals surface area contributed by atoms with E-state index in [1.807, 2.05) is 24.3 Å². The highest BCUT2D eigenvalue weighted by Crippen LogP contribution is 2.26. The third-order valence-corrected chi connectivity index (χ3v) is 4.16. The summed E-state index contributed by atoms with van der Waals surface area (Å²) in [6.45, 7) is 0.845. The summed E-state index contributed by atoms with van der Waals surface area (Å²) in [5, 5.41) is 20.5. The third-order valence-electron chi connectivity index (χ3n) is 4.16. The van der Waals surface area contributed by atoms with E-state index >= 15 is 0 Å². The minimum atomic E-state index is -0.262. The van der Waals surface area contributed by atoms with Crippen molar-refractivity contribution >= 4 is 12.0 Å². The van der Waals surface area contributed by atoms with E-state index < -0.39 is 0 Å². The Balaban J connectivity index is 1.51. The first kappa shape index (κ1) is 19.9. The second-order valence-corrected chi connectivity index (χ2v) is 6.24. The van der Waals surface area contributed by atoms with Crippen molar-refractivity contribution in [1.29, 1.82) is 0 Å². The maximum atomic E-state index is 12.0. The number of phenolic OH excluding ortho intramolecular Hbond substituents is 1. The van der Waals surface area contributed by atoms with Crippen molar-refractivity contribution in [2.75, 3.05) is 14.2 Å². The molecular formula is C21H22N4O4. The van der Waals surface area contributed by atoms with Crippen LogP contribution in [0.5, 0.6) is 17.2 Å². The molecule has 3 rings (SSSR count). The number of rotatable bonds is 8. The first-order valence-corrected chi connectivity index (χ1v) is 8.92. The van der Waals surface area contributed by atoms with Crippen LogP contribution in [0.3, 0.4) is 0 Å². The van der Waals surface area contributed by atoms with Gasteiger partial charge in [-0.2, -0.15) is 0 Å². The summed E-state index contributed by atoms with van der Waals surface area (Å²) in [4.78, 5) is 12.0. The zero-order chi connectivity index (χ0) is 20.6. The first-order chi connectivity index (χ1) is 14.1. The highest BCUT2D eigenvalue weighted by molar-refractivity contribution is 5.91. The molecule has 8 heteroatoms. The maximum absolute atomic E-state index is 12.0. The number of ether oxygens (including phenoxy) is 2. The number of phenols is 1. The van der Waals surface area contributed by atoms with Crippen LogP contribution in [0.4, 0.5) is 0 Å². The average Bonchev–Trinajstić information content (AvgIpc) is 3.19. The lowest BCUT2D eigenvalue weighted by molar-refractivity contribution is -0.116. The predicted octanol–water partition coefficient (Wildman–Crippen LogP) is 2.38. The van der Waals surface area contributed by atoms with Gasteiger partial charge >= 0.3 is 0 Å². The van der Waals surface area contributed by atoms with E-state index in [1.165, 1.54) is 19.3 Å². The second kappa shape index (κ2) is 9.41. The molecule has 150 valence electrons. The van der Waals surface area contributed by atoms with Gasteiger partial charge in [-0.1, -0.05) is 23.4 Å². The van der Waals surface area contributed by atoms with Gasteiger partial charge in [-0.05, 0) is 41.5 Å². The van der Waals surface area contributed by atoms with Crippen molar-refractivity contribution in [3.8, 4) is 17.2 Å². The van der Waals surface area contributed by atoms with Crippen LogP contribution in [0, 0.1) is 0 Å². The van der Waals surface area contributed by atoms with Crippen LogP contribution in [0.1, 0.15) is 16.8 Å². The molecule has 8 nitrogen and oxygen atoms in total. The van der Waals surface area contributed by atoms with Gasteiger partial charge in [0.2, 0.25) is 5.91 Å². The SMILES string of the molecule is COc1ccc(Cn2cc(CNC(=O)/C=C/c3ccc(O)c(OC)c3)nn2)cc1. The fourth-order valence-corrected chi connectivity index (χ4v) is 2.62. The number of methoxy groups -OCH3 is 2. The molecule has 0 saturated heterocycles. The van der Waals surface area contributed by atoms with Gasteiger partial charge in [-0.25, -0.2) is 4.68 Å². The Morgan fingerprint density at radius 3 is 2.69 bits per heavy atom. The molecule has 0 unspecified atom stereocenters. The van der Waals surface area contributed by atoms with Gasteiger partial charge in [0.15, 0.2) is 11.5 Å². The first-order valence-electron chi connectivity index (χ1n) is 8.92. The lowest BCUT2D eigenvalue weighted by Gasteiger charge is -2.03. The minimum absolute atomic E-state index is 0.0480. The molecule has 0 aliphatic carbocycles. The van der Waals surface area contributed by atoms with Crippen LogP contribution >= 0.6 is 0 Å². The summed E-state index contributed by atoms with van der Waals surface area (Å²) in [5.41, 5.74) is 2.46. The second-order valence-electron chi connectivity index (χ2n) is 6.24. The van der Waals surface area contributed by atoms with E-state index in [0.717, 1.165) is 16.9 Å². The standard InChI is InChI=1S/C21H22N4O4/c1-28-18-7-3-16(4-8-18)13-25-14-17(23-24-25)12-22-21(27)10-6-15-5-9-19(26)20(11-15)29-2/h3-11,14,26H,12-13H2,1-2H3,(H,22,27)/b10-6+. The summed E-state index contributed by atoms with van der Waals surface area (Å²) in [6.07, 6.45) is 4.84. The number of benzene rings is 2. The van der Waals surface area contributed by atoms with Crippen molar-refractivity contribution in [3.05, 3.63) is 71.6 Å². The van der Waals surface area contributed by atoms with Crippen molar-refractivity contribution in [2.24, 2.45) is 0 Å². The van der Waals surface area contributed by atoms with Gasteiger partial charge in [0, 0.05) is 6.08 Å². The lowest BCUT2D eigenvalue weighted by Crippen LogP contribution is -2.20. The summed E-state index contributed by atoms with van der Waals surface area (Å²) in [7, 11) is 3.10. The highest BCUT2D eigenvalue weighted by Gasteiger charge is 2.05. The van der Waals surface area contributed by atoms with Gasteiger partial charge < -0.3 is 19.9 Å². The Morgan fingerprint density at radius 2 is 1.97 bits per heavy atom. The Bertz CT molecular complexity index is 996. The van der Waals surface area contributed by atoms with Crippen molar-refractivity contribution in [1.82, 2.24) is 20.3 Å². The number of aromatic nitrogens is 3. The van der Waals surface area contributed by atoms with Gasteiger partial charge in [-0.15, -0.1) is 5.10 Å². The number of amides is 1. The molecule has 3 aromatic rings. The smallest absolute Gasteiger partial charge is 0.244 e. The van der Waals surface area contributed by atoms with Gasteiger partial charge in [0.05, 0.1) is 33.5 Å². The van der Waals surface area contributed by atoms with Gasteiger partial charge in [0.25, 0.3) is 0 Å². The third kappa shape index (κ3) is 5.58. The van der Waals surface area contributed by atoms with Crippen LogP contribution in [-0.4, -0.2) is 40.2 Å². The summed E-state index contributed by atoms with van der Waals surface area (Å²) < 4.78 is 11.9. The number of nitrogens with zero attached hydrogens (tertiary/aromatic N) is 3. The number of carbonyl (C=O) groups is 1. The van der Waals surface area contributed by atoms with Crippen molar-refractivity contribution < 1.29 is 19.4 Å². The predicted molar refractivity (Wildman–Crippen MR) is 108 cm³/mol. The van der Waals surface area contributed by atoms with Crippen LogP contribution in [0.25, 0.3) is 6.08 Å². The molecule has 1 aromatic heterocycles. The molecule has 0 spiro atoms. The molecule has 1 heterocycles. The summed E-state index contributed by atoms with van der Waals surface area (Å²) >= 11 is 0. The Morgan fingerprint density at radius 1 is 1.17 bits per heavy atom. The Kier molecular flexibility index (Phi) is 6.47. The highest BCUT2D eigenvalue weighted by atomic mass is 16.5. The topological polar surface area (TPSA) is 98.5 Å².